The van der Waals surface area contributed by atoms with Crippen molar-refractivity contribution in [3.63, 3.8) is 0 Å². The highest BCUT2D eigenvalue weighted by molar-refractivity contribution is 5.55. The summed E-state index contributed by atoms with van der Waals surface area (Å²) in [6.45, 7) is 0.188. The zero-order chi connectivity index (χ0) is 13.9. The highest BCUT2D eigenvalue weighted by Gasteiger charge is 2.15. The Kier molecular flexibility index (Phi) is 2.96. The second-order valence-electron chi connectivity index (χ2n) is 3.98. The van der Waals surface area contributed by atoms with Crippen LogP contribution in [-0.4, -0.2) is 24.7 Å². The van der Waals surface area contributed by atoms with Crippen molar-refractivity contribution in [1.29, 1.82) is 0 Å². The summed E-state index contributed by atoms with van der Waals surface area (Å²) >= 11 is 0. The van der Waals surface area contributed by atoms with Crippen molar-refractivity contribution in [3.8, 4) is 11.3 Å². The lowest BCUT2D eigenvalue weighted by molar-refractivity contribution is -0.394. The molecule has 3 rings (SSSR count). The number of oxazole rings is 1. The van der Waals surface area contributed by atoms with Gasteiger partial charge in [-0.2, -0.15) is 4.68 Å². The van der Waals surface area contributed by atoms with Gasteiger partial charge in [-0.3, -0.25) is 0 Å². The first-order chi connectivity index (χ1) is 9.72. The Morgan fingerprint density at radius 2 is 2.05 bits per heavy atom. The maximum absolute atomic E-state index is 10.5. The van der Waals surface area contributed by atoms with Gasteiger partial charge in [0.2, 0.25) is 12.2 Å². The van der Waals surface area contributed by atoms with Crippen LogP contribution in [0.5, 0.6) is 0 Å². The first-order valence-electron chi connectivity index (χ1n) is 5.76. The Labute approximate surface area is 112 Å². The van der Waals surface area contributed by atoms with Crippen LogP contribution in [0, 0.1) is 10.1 Å². The van der Waals surface area contributed by atoms with E-state index in [1.165, 1.54) is 11.0 Å². The van der Waals surface area contributed by atoms with E-state index >= 15 is 0 Å². The third-order valence-corrected chi connectivity index (χ3v) is 2.60. The lowest BCUT2D eigenvalue weighted by Gasteiger charge is -1.94. The summed E-state index contributed by atoms with van der Waals surface area (Å²) in [6, 6.07) is 9.53. The molecule has 0 aliphatic carbocycles. The Morgan fingerprint density at radius 3 is 2.75 bits per heavy atom. The van der Waals surface area contributed by atoms with E-state index in [1.807, 2.05) is 30.3 Å². The van der Waals surface area contributed by atoms with Gasteiger partial charge >= 0.3 is 5.95 Å². The first-order valence-corrected chi connectivity index (χ1v) is 5.76. The third-order valence-electron chi connectivity index (χ3n) is 2.60. The van der Waals surface area contributed by atoms with Crippen molar-refractivity contribution in [2.24, 2.45) is 0 Å². The normalized spacial score (nSPS) is 10.6. The predicted molar refractivity (Wildman–Crippen MR) is 67.7 cm³/mol. The fraction of sp³-hybridized carbons (Fsp3) is 0.0833. The van der Waals surface area contributed by atoms with Crippen LogP contribution in [0.1, 0.15) is 5.89 Å². The molecule has 1 aromatic carbocycles. The van der Waals surface area contributed by atoms with Crippen LogP contribution in [0.4, 0.5) is 5.95 Å². The van der Waals surface area contributed by atoms with Crippen LogP contribution < -0.4 is 0 Å². The molecule has 3 aromatic rings. The van der Waals surface area contributed by atoms with E-state index in [1.54, 1.807) is 6.20 Å². The van der Waals surface area contributed by atoms with E-state index in [0.29, 0.717) is 11.7 Å². The number of nitrogens with zero attached hydrogens (tertiary/aromatic N) is 5. The molecule has 0 amide bonds. The van der Waals surface area contributed by atoms with E-state index in [2.05, 4.69) is 15.1 Å². The van der Waals surface area contributed by atoms with Gasteiger partial charge in [0.25, 0.3) is 0 Å². The number of benzene rings is 1. The largest absolute Gasteiger partial charge is 0.490 e. The van der Waals surface area contributed by atoms with E-state index in [4.69, 9.17) is 4.42 Å². The number of hydrogen-bond donors (Lipinski definition) is 0. The van der Waals surface area contributed by atoms with Gasteiger partial charge in [0.1, 0.15) is 6.54 Å². The Hall–Kier alpha value is -3.03. The fourth-order valence-corrected chi connectivity index (χ4v) is 1.70. The fourth-order valence-electron chi connectivity index (χ4n) is 1.70. The highest BCUT2D eigenvalue weighted by atomic mass is 16.6. The quantitative estimate of drug-likeness (QED) is 0.530. The number of rotatable bonds is 4. The van der Waals surface area contributed by atoms with Crippen molar-refractivity contribution in [3.05, 3.63) is 58.9 Å². The number of hydrogen-bond acceptors (Lipinski definition) is 6. The molecule has 0 bridgehead atoms. The van der Waals surface area contributed by atoms with Crippen molar-refractivity contribution in [2.45, 2.75) is 6.54 Å². The van der Waals surface area contributed by atoms with Gasteiger partial charge in [-0.25, -0.2) is 4.98 Å². The summed E-state index contributed by atoms with van der Waals surface area (Å²) in [6.07, 6.45) is 2.88. The van der Waals surface area contributed by atoms with Crippen molar-refractivity contribution < 1.29 is 9.34 Å². The molecule has 0 saturated carbocycles. The summed E-state index contributed by atoms with van der Waals surface area (Å²) in [5.41, 5.74) is 0.913. The maximum Gasteiger partial charge on any atom is 0.490 e. The minimum Gasteiger partial charge on any atom is -0.439 e. The van der Waals surface area contributed by atoms with Gasteiger partial charge in [0.05, 0.1) is 6.20 Å². The average molecular weight is 271 g/mol. The molecule has 100 valence electrons. The molecule has 0 saturated heterocycles. The van der Waals surface area contributed by atoms with Crippen molar-refractivity contribution >= 4 is 5.95 Å². The molecule has 0 radical (unpaired) electrons. The first kappa shape index (κ1) is 12.0. The molecule has 0 atom stereocenters. The average Bonchev–Trinajstić information content (AvgIpc) is 3.10. The summed E-state index contributed by atoms with van der Waals surface area (Å²) in [4.78, 5) is 17.5. The van der Waals surface area contributed by atoms with E-state index in [-0.39, 0.29) is 6.54 Å². The second-order valence-corrected chi connectivity index (χ2v) is 3.98. The van der Waals surface area contributed by atoms with Crippen LogP contribution in [0.2, 0.25) is 0 Å². The van der Waals surface area contributed by atoms with Gasteiger partial charge < -0.3 is 14.5 Å². The number of nitro groups is 1. The second kappa shape index (κ2) is 4.92. The molecule has 2 heterocycles. The lowest BCUT2D eigenvalue weighted by atomic mass is 10.2. The van der Waals surface area contributed by atoms with Crippen molar-refractivity contribution in [1.82, 2.24) is 19.7 Å². The Balaban J connectivity index is 1.78. The zero-order valence-corrected chi connectivity index (χ0v) is 10.2. The molecule has 0 N–H and O–H groups in total. The SMILES string of the molecule is O=[N+]([O-])c1ncn(Cc2ncc(-c3ccccc3)o2)n1. The molecular weight excluding hydrogens is 262 g/mol. The zero-order valence-electron chi connectivity index (χ0n) is 10.2. The Bertz CT molecular complexity index is 734. The molecule has 0 fully saturated rings. The molecule has 8 nitrogen and oxygen atoms in total. The molecule has 0 aliphatic rings. The maximum atomic E-state index is 10.5. The Morgan fingerprint density at radius 1 is 1.25 bits per heavy atom. The van der Waals surface area contributed by atoms with Crippen molar-refractivity contribution in [2.75, 3.05) is 0 Å². The van der Waals surface area contributed by atoms with E-state index < -0.39 is 10.9 Å². The molecule has 0 aliphatic heterocycles. The summed E-state index contributed by atoms with van der Waals surface area (Å²) in [5, 5.41) is 14.2. The van der Waals surface area contributed by atoms with Crippen LogP contribution in [-0.2, 0) is 6.54 Å². The molecule has 0 spiro atoms. The van der Waals surface area contributed by atoms with Crippen LogP contribution in [0.15, 0.2) is 47.3 Å². The molecule has 20 heavy (non-hydrogen) atoms. The molecular formula is C12H9N5O3. The smallest absolute Gasteiger partial charge is 0.439 e. The lowest BCUT2D eigenvalue weighted by Crippen LogP contribution is -2.01. The number of aromatic nitrogens is 4. The summed E-state index contributed by atoms with van der Waals surface area (Å²) < 4.78 is 6.88. The van der Waals surface area contributed by atoms with Gasteiger partial charge in [0, 0.05) is 10.7 Å². The van der Waals surface area contributed by atoms with Crippen LogP contribution in [0.3, 0.4) is 0 Å². The standard InChI is InChI=1S/C12H9N5O3/c18-17(19)12-14-8-16(15-12)7-11-13-6-10(20-11)9-4-2-1-3-5-9/h1-6,8H,7H2. The van der Waals surface area contributed by atoms with Gasteiger partial charge in [-0.1, -0.05) is 35.3 Å². The minimum atomic E-state index is -0.651. The molecule has 2 aromatic heterocycles. The highest BCUT2D eigenvalue weighted by Crippen LogP contribution is 2.20. The topological polar surface area (TPSA) is 99.9 Å². The van der Waals surface area contributed by atoms with Gasteiger partial charge in [-0.05, 0) is 4.92 Å². The van der Waals surface area contributed by atoms with Crippen LogP contribution >= 0.6 is 0 Å². The minimum absolute atomic E-state index is 0.188. The van der Waals surface area contributed by atoms with Gasteiger partial charge in [0.15, 0.2) is 5.76 Å². The molecule has 8 heteroatoms. The van der Waals surface area contributed by atoms with E-state index in [9.17, 15) is 10.1 Å². The third kappa shape index (κ3) is 2.39. The summed E-state index contributed by atoms with van der Waals surface area (Å²) in [5.74, 6) is 0.596. The predicted octanol–water partition coefficient (Wildman–Crippen LogP) is 1.89. The van der Waals surface area contributed by atoms with E-state index in [0.717, 1.165) is 5.56 Å². The summed E-state index contributed by atoms with van der Waals surface area (Å²) in [7, 11) is 0. The van der Waals surface area contributed by atoms with Gasteiger partial charge in [-0.15, -0.1) is 0 Å². The molecule has 0 unspecified atom stereocenters. The monoisotopic (exact) mass is 271 g/mol. The van der Waals surface area contributed by atoms with Crippen LogP contribution in [0.25, 0.3) is 11.3 Å².